The molecule has 2 aromatic heterocycles. The van der Waals surface area contributed by atoms with Crippen LogP contribution in [0.3, 0.4) is 0 Å². The second-order valence-electron chi connectivity index (χ2n) is 7.18. The summed E-state index contributed by atoms with van der Waals surface area (Å²) in [6.45, 7) is 0. The van der Waals surface area contributed by atoms with E-state index in [9.17, 15) is 4.79 Å². The lowest BCUT2D eigenvalue weighted by Crippen LogP contribution is -2.21. The number of ketones is 1. The van der Waals surface area contributed by atoms with Gasteiger partial charge in [0, 0.05) is 39.8 Å². The third-order valence-corrected chi connectivity index (χ3v) is 6.80. The number of para-hydroxylation sites is 1. The summed E-state index contributed by atoms with van der Waals surface area (Å²) in [5.41, 5.74) is 2.94. The first-order valence-electron chi connectivity index (χ1n) is 9.68. The summed E-state index contributed by atoms with van der Waals surface area (Å²) < 4.78 is 2.03. The molecule has 0 unspecified atom stereocenters. The smallest absolute Gasteiger partial charge is 0.196 e. The fraction of sp³-hybridized carbons (Fsp3) is 0.227. The third kappa shape index (κ3) is 3.47. The molecule has 4 aromatic rings. The van der Waals surface area contributed by atoms with Gasteiger partial charge in [-0.2, -0.15) is 0 Å². The summed E-state index contributed by atoms with van der Waals surface area (Å²) in [6.07, 6.45) is 5.57. The Bertz CT molecular complexity index is 1180. The van der Waals surface area contributed by atoms with Crippen molar-refractivity contribution in [2.45, 2.75) is 36.1 Å². The Labute approximate surface area is 177 Å². The number of H-pyrrole nitrogens is 1. The maximum atomic E-state index is 12.4. The van der Waals surface area contributed by atoms with Gasteiger partial charge in [0.15, 0.2) is 11.0 Å². The SMILES string of the molecule is O=C1CCCC[C@@H]1Sc1nnc(-c2c[nH]c3ccccc23)n1-c1ccc(Cl)cc1. The van der Waals surface area contributed by atoms with Crippen molar-refractivity contribution >= 4 is 40.0 Å². The van der Waals surface area contributed by atoms with E-state index in [2.05, 4.69) is 21.2 Å². The normalized spacial score (nSPS) is 17.1. The van der Waals surface area contributed by atoms with Crippen LogP contribution in [-0.2, 0) is 4.79 Å². The van der Waals surface area contributed by atoms with Crippen molar-refractivity contribution in [2.24, 2.45) is 0 Å². The van der Waals surface area contributed by atoms with Gasteiger partial charge in [-0.3, -0.25) is 9.36 Å². The lowest BCUT2D eigenvalue weighted by molar-refractivity contribution is -0.119. The van der Waals surface area contributed by atoms with Crippen LogP contribution in [0.5, 0.6) is 0 Å². The van der Waals surface area contributed by atoms with Gasteiger partial charge in [0.1, 0.15) is 5.78 Å². The Hall–Kier alpha value is -2.57. The molecule has 5 rings (SSSR count). The topological polar surface area (TPSA) is 63.6 Å². The van der Waals surface area contributed by atoms with Gasteiger partial charge >= 0.3 is 0 Å². The molecule has 1 atom stereocenters. The number of aromatic nitrogens is 4. The van der Waals surface area contributed by atoms with Gasteiger partial charge in [0.2, 0.25) is 0 Å². The quantitative estimate of drug-likeness (QED) is 0.460. The molecule has 0 bridgehead atoms. The van der Waals surface area contributed by atoms with Crippen molar-refractivity contribution in [2.75, 3.05) is 0 Å². The molecule has 2 heterocycles. The van der Waals surface area contributed by atoms with Crippen molar-refractivity contribution in [3.8, 4) is 17.1 Å². The van der Waals surface area contributed by atoms with E-state index in [-0.39, 0.29) is 5.25 Å². The summed E-state index contributed by atoms with van der Waals surface area (Å²) >= 11 is 7.63. The highest BCUT2D eigenvalue weighted by Crippen LogP contribution is 2.36. The number of nitrogens with one attached hydrogen (secondary N) is 1. The second-order valence-corrected chi connectivity index (χ2v) is 8.79. The maximum absolute atomic E-state index is 12.4. The first-order valence-corrected chi connectivity index (χ1v) is 10.9. The number of hydrogen-bond acceptors (Lipinski definition) is 4. The summed E-state index contributed by atoms with van der Waals surface area (Å²) in [5.74, 6) is 1.05. The summed E-state index contributed by atoms with van der Waals surface area (Å²) in [6, 6.07) is 15.7. The van der Waals surface area contributed by atoms with Crippen LogP contribution < -0.4 is 0 Å². The molecule has 0 radical (unpaired) electrons. The molecule has 0 amide bonds. The zero-order chi connectivity index (χ0) is 19.8. The zero-order valence-electron chi connectivity index (χ0n) is 15.6. The molecule has 0 saturated heterocycles. The Morgan fingerprint density at radius 1 is 1.07 bits per heavy atom. The van der Waals surface area contributed by atoms with Crippen LogP contribution in [0.2, 0.25) is 5.02 Å². The Balaban J connectivity index is 1.64. The number of halogens is 1. The molecule has 1 N–H and O–H groups in total. The number of fused-ring (bicyclic) bond motifs is 1. The van der Waals surface area contributed by atoms with Gasteiger partial charge in [-0.1, -0.05) is 48.0 Å². The van der Waals surface area contributed by atoms with Gasteiger partial charge in [0.05, 0.1) is 5.25 Å². The highest BCUT2D eigenvalue weighted by molar-refractivity contribution is 8.00. The third-order valence-electron chi connectivity index (χ3n) is 5.29. The Kier molecular flexibility index (Phi) is 4.89. The molecule has 1 aliphatic carbocycles. The number of rotatable bonds is 4. The summed E-state index contributed by atoms with van der Waals surface area (Å²) in [7, 11) is 0. The van der Waals surface area contributed by atoms with Gasteiger partial charge in [-0.25, -0.2) is 0 Å². The number of nitrogens with zero attached hydrogens (tertiary/aromatic N) is 3. The van der Waals surface area contributed by atoms with Gasteiger partial charge in [-0.05, 0) is 43.2 Å². The van der Waals surface area contributed by atoms with Crippen molar-refractivity contribution in [3.63, 3.8) is 0 Å². The number of carbonyl (C=O) groups is 1. The van der Waals surface area contributed by atoms with E-state index in [0.29, 0.717) is 17.2 Å². The largest absolute Gasteiger partial charge is 0.360 e. The van der Waals surface area contributed by atoms with Crippen molar-refractivity contribution in [1.29, 1.82) is 0 Å². The molecular weight excluding hydrogens is 404 g/mol. The molecular formula is C22H19ClN4OS. The van der Waals surface area contributed by atoms with E-state index in [4.69, 9.17) is 11.6 Å². The molecule has 0 spiro atoms. The molecule has 1 saturated carbocycles. The van der Waals surface area contributed by atoms with Gasteiger partial charge in [0.25, 0.3) is 0 Å². The number of thioether (sulfide) groups is 1. The number of carbonyl (C=O) groups excluding carboxylic acids is 1. The molecule has 1 aliphatic rings. The number of aromatic amines is 1. The van der Waals surface area contributed by atoms with Gasteiger partial charge < -0.3 is 4.98 Å². The van der Waals surface area contributed by atoms with E-state index < -0.39 is 0 Å². The molecule has 1 fully saturated rings. The lowest BCUT2D eigenvalue weighted by Gasteiger charge is -2.19. The fourth-order valence-corrected chi connectivity index (χ4v) is 5.10. The molecule has 5 nitrogen and oxygen atoms in total. The van der Waals surface area contributed by atoms with Crippen LogP contribution in [0.25, 0.3) is 28.0 Å². The Morgan fingerprint density at radius 2 is 1.90 bits per heavy atom. The van der Waals surface area contributed by atoms with Crippen LogP contribution in [0.15, 0.2) is 59.9 Å². The van der Waals surface area contributed by atoms with E-state index in [0.717, 1.165) is 52.4 Å². The first-order chi connectivity index (χ1) is 14.2. The minimum Gasteiger partial charge on any atom is -0.360 e. The van der Waals surface area contributed by atoms with Crippen LogP contribution in [-0.4, -0.2) is 30.8 Å². The van der Waals surface area contributed by atoms with E-state index in [1.54, 1.807) is 0 Å². The lowest BCUT2D eigenvalue weighted by atomic mass is 9.99. The molecule has 2 aromatic carbocycles. The van der Waals surface area contributed by atoms with Gasteiger partial charge in [-0.15, -0.1) is 10.2 Å². The number of hydrogen-bond donors (Lipinski definition) is 1. The predicted octanol–water partition coefficient (Wildman–Crippen LogP) is 5.67. The number of benzene rings is 2. The predicted molar refractivity (Wildman–Crippen MR) is 117 cm³/mol. The van der Waals surface area contributed by atoms with Crippen LogP contribution in [0.4, 0.5) is 0 Å². The first kappa shape index (κ1) is 18.5. The van der Waals surface area contributed by atoms with E-state index in [1.807, 2.05) is 53.2 Å². The highest BCUT2D eigenvalue weighted by Gasteiger charge is 2.27. The monoisotopic (exact) mass is 422 g/mol. The van der Waals surface area contributed by atoms with Crippen LogP contribution >= 0.6 is 23.4 Å². The molecule has 0 aliphatic heterocycles. The summed E-state index contributed by atoms with van der Waals surface area (Å²) in [5, 5.41) is 11.4. The second kappa shape index (κ2) is 7.69. The highest BCUT2D eigenvalue weighted by atomic mass is 35.5. The van der Waals surface area contributed by atoms with Crippen LogP contribution in [0.1, 0.15) is 25.7 Å². The minimum absolute atomic E-state index is 0.0604. The summed E-state index contributed by atoms with van der Waals surface area (Å²) in [4.78, 5) is 15.7. The zero-order valence-corrected chi connectivity index (χ0v) is 17.2. The Morgan fingerprint density at radius 3 is 2.72 bits per heavy atom. The number of Topliss-reactive ketones (excluding diaryl/α,β-unsaturated/α-hetero) is 1. The van der Waals surface area contributed by atoms with E-state index >= 15 is 0 Å². The van der Waals surface area contributed by atoms with E-state index in [1.165, 1.54) is 11.8 Å². The van der Waals surface area contributed by atoms with Crippen LogP contribution in [0, 0.1) is 0 Å². The van der Waals surface area contributed by atoms with Crippen molar-refractivity contribution in [1.82, 2.24) is 19.7 Å². The molecule has 146 valence electrons. The maximum Gasteiger partial charge on any atom is 0.196 e. The van der Waals surface area contributed by atoms with Crippen molar-refractivity contribution in [3.05, 3.63) is 59.8 Å². The average Bonchev–Trinajstić information content (AvgIpc) is 3.34. The fourth-order valence-electron chi connectivity index (χ4n) is 3.80. The molecule has 29 heavy (non-hydrogen) atoms. The van der Waals surface area contributed by atoms with Crippen molar-refractivity contribution < 1.29 is 4.79 Å². The minimum atomic E-state index is -0.0604. The standard InChI is InChI=1S/C22H19ClN4OS/c23-14-9-11-15(12-10-14)27-21(17-13-24-18-6-2-1-5-16(17)18)25-26-22(27)29-20-8-4-3-7-19(20)28/h1-2,5-6,9-13,20,24H,3-4,7-8H2/t20-/m0/s1. The molecule has 7 heteroatoms. The average molecular weight is 423 g/mol.